The van der Waals surface area contributed by atoms with Gasteiger partial charge in [-0.25, -0.2) is 18.2 Å². The highest BCUT2D eigenvalue weighted by atomic mass is 32.2. The Morgan fingerprint density at radius 3 is 2.36 bits per heavy atom. The van der Waals surface area contributed by atoms with E-state index in [2.05, 4.69) is 10.3 Å². The van der Waals surface area contributed by atoms with E-state index in [-0.39, 0.29) is 11.4 Å². The van der Waals surface area contributed by atoms with Gasteiger partial charge >= 0.3 is 6.03 Å². The molecule has 0 fully saturated rings. The van der Waals surface area contributed by atoms with Crippen molar-refractivity contribution in [3.8, 4) is 5.75 Å². The van der Waals surface area contributed by atoms with E-state index in [1.165, 1.54) is 14.0 Å². The topological polar surface area (TPSA) is 134 Å². The fourth-order valence-electron chi connectivity index (χ4n) is 3.58. The van der Waals surface area contributed by atoms with Crippen LogP contribution in [0.2, 0.25) is 0 Å². The zero-order chi connectivity index (χ0) is 24.3. The molecule has 1 aliphatic heterocycles. The molecule has 0 spiro atoms. The normalized spacial score (nSPS) is 16.0. The molecule has 4 amide bonds. The smallest absolute Gasteiger partial charge is 0.347 e. The molecule has 0 aromatic heterocycles. The molecule has 1 atom stereocenters. The standard InChI is InChI=1S/C22H24N4O6S/c1-13-9-14(2)11-16(10-13)26(12-19(27)24-17-7-5-6-8-18(17)32-4)33(30,31)20-15(3)23-22(29)25-21(20)28/h5-11,20H,12H2,1-4H3,(H,24,27)(H,25,28,29). The number of imide groups is 1. The Bertz CT molecular complexity index is 1240. The molecular formula is C22H24N4O6S. The van der Waals surface area contributed by atoms with Gasteiger partial charge in [0.05, 0.1) is 24.2 Å². The minimum absolute atomic E-state index is 0.178. The summed E-state index contributed by atoms with van der Waals surface area (Å²) in [5.41, 5.74) is 1.93. The summed E-state index contributed by atoms with van der Waals surface area (Å²) in [4.78, 5) is 40.5. The summed E-state index contributed by atoms with van der Waals surface area (Å²) in [6.45, 7) is 4.24. The first-order valence-corrected chi connectivity index (χ1v) is 11.5. The monoisotopic (exact) mass is 472 g/mol. The average Bonchev–Trinajstić information content (AvgIpc) is 2.70. The number of aliphatic imine (C=N–C) groups is 1. The number of para-hydroxylation sites is 2. The molecule has 2 N–H and O–H groups in total. The fourth-order valence-corrected chi connectivity index (χ4v) is 5.34. The van der Waals surface area contributed by atoms with Crippen LogP contribution in [0.5, 0.6) is 5.75 Å². The third-order valence-electron chi connectivity index (χ3n) is 4.89. The van der Waals surface area contributed by atoms with Gasteiger partial charge in [-0.1, -0.05) is 18.2 Å². The van der Waals surface area contributed by atoms with Gasteiger partial charge in [-0.05, 0) is 56.2 Å². The second-order valence-electron chi connectivity index (χ2n) is 7.57. The van der Waals surface area contributed by atoms with E-state index in [1.54, 1.807) is 50.2 Å². The molecule has 174 valence electrons. The molecule has 1 aliphatic rings. The molecular weight excluding hydrogens is 448 g/mol. The number of carbonyl (C=O) groups is 3. The van der Waals surface area contributed by atoms with Crippen LogP contribution in [0.25, 0.3) is 0 Å². The first-order valence-electron chi connectivity index (χ1n) is 9.95. The van der Waals surface area contributed by atoms with Gasteiger partial charge in [0.25, 0.3) is 15.9 Å². The van der Waals surface area contributed by atoms with Crippen molar-refractivity contribution in [3.05, 3.63) is 53.6 Å². The number of sulfonamides is 1. The first kappa shape index (κ1) is 23.9. The highest BCUT2D eigenvalue weighted by Gasteiger charge is 2.43. The fraction of sp³-hybridized carbons (Fsp3) is 0.273. The minimum Gasteiger partial charge on any atom is -0.495 e. The Labute approximate surface area is 191 Å². The van der Waals surface area contributed by atoms with E-state index >= 15 is 0 Å². The quantitative estimate of drug-likeness (QED) is 0.634. The number of hydrogen-bond acceptors (Lipinski definition) is 6. The highest BCUT2D eigenvalue weighted by molar-refractivity contribution is 7.95. The number of urea groups is 1. The molecule has 33 heavy (non-hydrogen) atoms. The second kappa shape index (κ2) is 9.41. The Hall–Kier alpha value is -3.73. The second-order valence-corrected chi connectivity index (χ2v) is 9.52. The van der Waals surface area contributed by atoms with Crippen molar-refractivity contribution >= 4 is 45.0 Å². The Morgan fingerprint density at radius 2 is 1.76 bits per heavy atom. The van der Waals surface area contributed by atoms with Crippen LogP contribution in [-0.4, -0.2) is 50.9 Å². The van der Waals surface area contributed by atoms with Crippen LogP contribution in [0.1, 0.15) is 18.1 Å². The van der Waals surface area contributed by atoms with Crippen molar-refractivity contribution in [2.24, 2.45) is 4.99 Å². The molecule has 0 radical (unpaired) electrons. The summed E-state index contributed by atoms with van der Waals surface area (Å²) in [6.07, 6.45) is 0. The Balaban J connectivity index is 2.03. The number of benzene rings is 2. The number of ether oxygens (including phenoxy) is 1. The number of nitrogens with one attached hydrogen (secondary N) is 2. The van der Waals surface area contributed by atoms with E-state index in [0.29, 0.717) is 11.4 Å². The van der Waals surface area contributed by atoms with Crippen LogP contribution in [-0.2, 0) is 19.6 Å². The van der Waals surface area contributed by atoms with Gasteiger partial charge in [0, 0.05) is 0 Å². The molecule has 11 heteroatoms. The van der Waals surface area contributed by atoms with E-state index in [9.17, 15) is 22.8 Å². The SMILES string of the molecule is COc1ccccc1NC(=O)CN(c1cc(C)cc(C)c1)S(=O)(=O)C1C(=O)NC(=O)N=C1C. The molecule has 1 heterocycles. The first-order chi connectivity index (χ1) is 15.5. The van der Waals surface area contributed by atoms with Gasteiger partial charge in [0.15, 0.2) is 5.25 Å². The molecule has 1 unspecified atom stereocenters. The zero-order valence-electron chi connectivity index (χ0n) is 18.6. The molecule has 0 saturated heterocycles. The number of rotatable bonds is 7. The summed E-state index contributed by atoms with van der Waals surface area (Å²) < 4.78 is 33.3. The Kier molecular flexibility index (Phi) is 6.82. The third-order valence-corrected chi connectivity index (χ3v) is 7.00. The van der Waals surface area contributed by atoms with Crippen LogP contribution in [0.4, 0.5) is 16.2 Å². The van der Waals surface area contributed by atoms with Crippen LogP contribution in [0.15, 0.2) is 47.5 Å². The number of aryl methyl sites for hydroxylation is 2. The largest absolute Gasteiger partial charge is 0.495 e. The van der Waals surface area contributed by atoms with Crippen LogP contribution < -0.4 is 19.7 Å². The van der Waals surface area contributed by atoms with Crippen molar-refractivity contribution in [1.29, 1.82) is 0 Å². The maximum atomic E-state index is 13.6. The van der Waals surface area contributed by atoms with Crippen molar-refractivity contribution < 1.29 is 27.5 Å². The van der Waals surface area contributed by atoms with Crippen molar-refractivity contribution in [2.45, 2.75) is 26.0 Å². The van der Waals surface area contributed by atoms with Gasteiger partial charge < -0.3 is 10.1 Å². The molecule has 2 aromatic carbocycles. The molecule has 0 aliphatic carbocycles. The zero-order valence-corrected chi connectivity index (χ0v) is 19.4. The summed E-state index contributed by atoms with van der Waals surface area (Å²) in [5.74, 6) is -1.27. The predicted octanol–water partition coefficient (Wildman–Crippen LogP) is 2.17. The van der Waals surface area contributed by atoms with E-state index in [0.717, 1.165) is 15.4 Å². The van der Waals surface area contributed by atoms with Gasteiger partial charge in [-0.2, -0.15) is 0 Å². The summed E-state index contributed by atoms with van der Waals surface area (Å²) in [5, 5.41) is 2.80. The molecule has 10 nitrogen and oxygen atoms in total. The van der Waals surface area contributed by atoms with Crippen molar-refractivity contribution in [2.75, 3.05) is 23.3 Å². The van der Waals surface area contributed by atoms with E-state index in [4.69, 9.17) is 4.74 Å². The lowest BCUT2D eigenvalue weighted by atomic mass is 10.1. The number of methoxy groups -OCH3 is 1. The molecule has 0 saturated carbocycles. The van der Waals surface area contributed by atoms with Gasteiger partial charge in [0.2, 0.25) is 5.91 Å². The summed E-state index contributed by atoms with van der Waals surface area (Å²) >= 11 is 0. The van der Waals surface area contributed by atoms with Gasteiger partial charge in [-0.3, -0.25) is 19.2 Å². The average molecular weight is 473 g/mol. The predicted molar refractivity (Wildman–Crippen MR) is 124 cm³/mol. The molecule has 2 aromatic rings. The Morgan fingerprint density at radius 1 is 1.12 bits per heavy atom. The lowest BCUT2D eigenvalue weighted by Crippen LogP contribution is -2.55. The number of hydrogen-bond donors (Lipinski definition) is 2. The van der Waals surface area contributed by atoms with Crippen LogP contribution in [0.3, 0.4) is 0 Å². The van der Waals surface area contributed by atoms with E-state index < -0.39 is 39.7 Å². The number of anilines is 2. The van der Waals surface area contributed by atoms with E-state index in [1.807, 2.05) is 11.4 Å². The molecule has 0 bridgehead atoms. The summed E-state index contributed by atoms with van der Waals surface area (Å²) in [7, 11) is -3.04. The van der Waals surface area contributed by atoms with Gasteiger partial charge in [0.1, 0.15) is 12.3 Å². The lowest BCUT2D eigenvalue weighted by Gasteiger charge is -2.29. The lowest BCUT2D eigenvalue weighted by molar-refractivity contribution is -0.119. The van der Waals surface area contributed by atoms with Crippen molar-refractivity contribution in [3.63, 3.8) is 0 Å². The highest BCUT2D eigenvalue weighted by Crippen LogP contribution is 2.27. The minimum atomic E-state index is -4.49. The van der Waals surface area contributed by atoms with Crippen LogP contribution >= 0.6 is 0 Å². The maximum absolute atomic E-state index is 13.6. The maximum Gasteiger partial charge on any atom is 0.347 e. The number of nitrogens with zero attached hydrogens (tertiary/aromatic N) is 2. The number of carbonyl (C=O) groups excluding carboxylic acids is 3. The van der Waals surface area contributed by atoms with Crippen molar-refractivity contribution in [1.82, 2.24) is 5.32 Å². The summed E-state index contributed by atoms with van der Waals surface area (Å²) in [6, 6.07) is 10.8. The molecule has 3 rings (SSSR count). The number of amides is 4. The van der Waals surface area contributed by atoms with Crippen LogP contribution in [0, 0.1) is 13.8 Å². The third kappa shape index (κ3) is 5.20. The van der Waals surface area contributed by atoms with Gasteiger partial charge in [-0.15, -0.1) is 0 Å².